The summed E-state index contributed by atoms with van der Waals surface area (Å²) in [6.07, 6.45) is 39.4. The number of rotatable bonds is 11. The highest BCUT2D eigenvalue weighted by atomic mass is 15.1. The molecule has 0 unspecified atom stereocenters. The predicted octanol–water partition coefficient (Wildman–Crippen LogP) is 9.56. The van der Waals surface area contributed by atoms with Gasteiger partial charge in [0.1, 0.15) is 5.57 Å². The normalized spacial score (nSPS) is 18.1. The first-order valence-corrected chi connectivity index (χ1v) is 23.6. The van der Waals surface area contributed by atoms with Crippen LogP contribution in [0.25, 0.3) is 22.3 Å². The Kier molecular flexibility index (Phi) is 11.6. The quantitative estimate of drug-likeness (QED) is 0.148. The van der Waals surface area contributed by atoms with Crippen molar-refractivity contribution < 1.29 is 9.98 Å². The standard InChI is InChI=1S/C61H50N6/c1-2-37-66-39-33-44(34-40-66)45-35-41-67(42-36-45)38-13-12-14-43-21-23-49(24-22-43)61-56-31-29-54(64-56)59(47-17-8-4-9-18-47)52-27-25-50(62-52)58(46-15-6-3-7-16-46)51-26-28-53(63-51)60(48-19-10-5-11-20-48)55-30-32-57(61)65-55/h3-11,15-36,39-42H,2,12-14,37-38H2,1H3/p+2. The molecule has 7 aliphatic rings. The fourth-order valence-electron chi connectivity index (χ4n) is 9.55. The molecule has 7 aliphatic heterocycles. The van der Waals surface area contributed by atoms with E-state index in [1.807, 2.05) is 0 Å². The third-order valence-corrected chi connectivity index (χ3v) is 12.9. The van der Waals surface area contributed by atoms with Gasteiger partial charge >= 0.3 is 0 Å². The van der Waals surface area contributed by atoms with Crippen LogP contribution in [0.15, 0.2) is 257 Å². The molecule has 7 heterocycles. The first-order chi connectivity index (χ1) is 33.1. The molecule has 0 fully saturated rings. The Labute approximate surface area is 393 Å². The molecule has 0 radical (unpaired) electrons. The maximum Gasteiger partial charge on any atom is 0.218 e. The third-order valence-electron chi connectivity index (χ3n) is 12.9. The van der Waals surface area contributed by atoms with E-state index < -0.39 is 0 Å². The lowest BCUT2D eigenvalue weighted by Gasteiger charge is -2.21. The van der Waals surface area contributed by atoms with Crippen LogP contribution in [0.3, 0.4) is 0 Å². The van der Waals surface area contributed by atoms with Crippen LogP contribution in [0.5, 0.6) is 0 Å². The summed E-state index contributed by atoms with van der Waals surface area (Å²) < 4.78 is 0. The van der Waals surface area contributed by atoms with Crippen LogP contribution < -0.4 is 9.98 Å². The number of hydrogen-bond acceptors (Lipinski definition) is 4. The minimum Gasteiger partial charge on any atom is -0.354 e. The maximum atomic E-state index is 5.48. The van der Waals surface area contributed by atoms with E-state index in [-0.39, 0.29) is 0 Å². The molecule has 0 amide bonds. The van der Waals surface area contributed by atoms with E-state index in [0.717, 1.165) is 129 Å². The van der Waals surface area contributed by atoms with E-state index in [1.165, 1.54) is 16.7 Å². The van der Waals surface area contributed by atoms with Crippen LogP contribution in [0.4, 0.5) is 0 Å². The summed E-state index contributed by atoms with van der Waals surface area (Å²) in [5.41, 5.74) is 20.0. The van der Waals surface area contributed by atoms with Gasteiger partial charge in [-0.25, -0.2) is 20.0 Å². The van der Waals surface area contributed by atoms with Crippen molar-refractivity contribution in [2.75, 3.05) is 13.1 Å². The van der Waals surface area contributed by atoms with Crippen molar-refractivity contribution >= 4 is 45.1 Å². The second-order valence-electron chi connectivity index (χ2n) is 17.4. The molecule has 324 valence electrons. The van der Waals surface area contributed by atoms with E-state index in [1.54, 1.807) is 0 Å². The molecule has 0 saturated heterocycles. The van der Waals surface area contributed by atoms with Crippen LogP contribution >= 0.6 is 0 Å². The molecule has 6 nitrogen and oxygen atoms in total. The summed E-state index contributed by atoms with van der Waals surface area (Å²) in [4.78, 5) is 23.2. The van der Waals surface area contributed by atoms with E-state index in [4.69, 9.17) is 9.98 Å². The molecule has 0 saturated carbocycles. The van der Waals surface area contributed by atoms with E-state index in [2.05, 4.69) is 240 Å². The Morgan fingerprint density at radius 2 is 0.866 bits per heavy atom. The lowest BCUT2D eigenvalue weighted by atomic mass is 9.96. The van der Waals surface area contributed by atoms with Gasteiger partial charge in [0.25, 0.3) is 0 Å². The van der Waals surface area contributed by atoms with Gasteiger partial charge in [0.05, 0.1) is 34.0 Å². The second kappa shape index (κ2) is 18.7. The zero-order valence-electron chi connectivity index (χ0n) is 37.7. The zero-order chi connectivity index (χ0) is 44.9. The van der Waals surface area contributed by atoms with Gasteiger partial charge in [-0.3, -0.25) is 0 Å². The van der Waals surface area contributed by atoms with Crippen molar-refractivity contribution in [1.82, 2.24) is 9.80 Å². The summed E-state index contributed by atoms with van der Waals surface area (Å²) in [6, 6.07) is 40.8. The fraction of sp³-hybridized carbons (Fsp3) is 0.115. The van der Waals surface area contributed by atoms with Gasteiger partial charge < -0.3 is 9.80 Å². The Morgan fingerprint density at radius 1 is 0.403 bits per heavy atom. The summed E-state index contributed by atoms with van der Waals surface area (Å²) in [5, 5.41) is 0. The van der Waals surface area contributed by atoms with Crippen molar-refractivity contribution in [2.24, 2.45) is 9.98 Å². The predicted molar refractivity (Wildman–Crippen MR) is 277 cm³/mol. The van der Waals surface area contributed by atoms with Crippen molar-refractivity contribution in [3.05, 3.63) is 275 Å². The Balaban J connectivity index is 0.928. The lowest BCUT2D eigenvalue weighted by molar-refractivity contribution is -0.388. The van der Waals surface area contributed by atoms with Crippen molar-refractivity contribution in [3.8, 4) is 0 Å². The maximum absolute atomic E-state index is 5.48. The monoisotopic (exact) mass is 868 g/mol. The van der Waals surface area contributed by atoms with Gasteiger partial charge in [-0.15, -0.1) is 0 Å². The van der Waals surface area contributed by atoms with E-state index in [0.29, 0.717) is 0 Å². The number of unbranched alkanes of at least 4 members (excludes halogenated alkanes) is 1. The number of aryl methyl sites for hydroxylation is 1. The van der Waals surface area contributed by atoms with Crippen LogP contribution in [0.2, 0.25) is 0 Å². The van der Waals surface area contributed by atoms with Gasteiger partial charge in [-0.1, -0.05) is 122 Å². The molecule has 4 aromatic rings. The Bertz CT molecular complexity index is 3110. The van der Waals surface area contributed by atoms with Gasteiger partial charge in [-0.05, 0) is 113 Å². The number of nitrogens with one attached hydrogen (secondary N) is 2. The van der Waals surface area contributed by atoms with Gasteiger partial charge in [0, 0.05) is 67.8 Å². The molecule has 0 aliphatic carbocycles. The highest BCUT2D eigenvalue weighted by Crippen LogP contribution is 2.35. The van der Waals surface area contributed by atoms with Gasteiger partial charge in [0.2, 0.25) is 22.8 Å². The molecule has 0 spiro atoms. The van der Waals surface area contributed by atoms with Gasteiger partial charge in [0.15, 0.2) is 0 Å². The molecule has 67 heavy (non-hydrogen) atoms. The molecule has 8 bridgehead atoms. The minimum atomic E-state index is 0.884. The van der Waals surface area contributed by atoms with Crippen molar-refractivity contribution in [1.29, 1.82) is 0 Å². The lowest BCUT2D eigenvalue weighted by Crippen LogP contribution is -2.71. The summed E-state index contributed by atoms with van der Waals surface area (Å²) in [6.45, 7) is 4.24. The van der Waals surface area contributed by atoms with Crippen LogP contribution in [0.1, 0.15) is 54.0 Å². The second-order valence-corrected chi connectivity index (χ2v) is 17.4. The summed E-state index contributed by atoms with van der Waals surface area (Å²) in [7, 11) is 0. The molecule has 11 rings (SSSR count). The summed E-state index contributed by atoms with van der Waals surface area (Å²) in [5.74, 6) is 0. The molecule has 0 aromatic heterocycles. The fourth-order valence-corrected chi connectivity index (χ4v) is 9.55. The minimum absolute atomic E-state index is 0.884. The summed E-state index contributed by atoms with van der Waals surface area (Å²) >= 11 is 0. The first-order valence-electron chi connectivity index (χ1n) is 23.6. The van der Waals surface area contributed by atoms with Crippen molar-refractivity contribution in [2.45, 2.75) is 32.6 Å². The Hall–Kier alpha value is -8.22. The number of hydrogen-bond donors (Lipinski definition) is 2. The van der Waals surface area contributed by atoms with Crippen molar-refractivity contribution in [3.63, 3.8) is 0 Å². The average Bonchev–Trinajstić information content (AvgIpc) is 4.24. The molecule has 2 N–H and O–H groups in total. The number of aliphatic imine (C=N–C) groups is 2. The highest BCUT2D eigenvalue weighted by molar-refractivity contribution is 6.37. The third kappa shape index (κ3) is 8.70. The number of fused-ring (bicyclic) bond motifs is 4. The number of nitrogens with zero attached hydrogens (tertiary/aromatic N) is 4. The smallest absolute Gasteiger partial charge is 0.218 e. The Morgan fingerprint density at radius 3 is 1.43 bits per heavy atom. The molecular formula is C61H52N6+2. The molecule has 0 atom stereocenters. The van der Waals surface area contributed by atoms with Crippen LogP contribution in [-0.4, -0.2) is 45.7 Å². The number of benzene rings is 4. The van der Waals surface area contributed by atoms with Gasteiger partial charge in [-0.2, -0.15) is 0 Å². The zero-order valence-corrected chi connectivity index (χ0v) is 37.7. The topological polar surface area (TPSA) is 59.1 Å². The van der Waals surface area contributed by atoms with Crippen LogP contribution in [0, 0.1) is 0 Å². The highest BCUT2D eigenvalue weighted by Gasteiger charge is 2.33. The van der Waals surface area contributed by atoms with Crippen LogP contribution in [-0.2, 0) is 6.42 Å². The van der Waals surface area contributed by atoms with E-state index in [9.17, 15) is 0 Å². The molecular weight excluding hydrogens is 817 g/mol. The average molecular weight is 869 g/mol. The van der Waals surface area contributed by atoms with E-state index >= 15 is 0 Å². The molecule has 4 aromatic carbocycles. The number of allylic oxidation sites excluding steroid dienone is 18. The molecule has 6 heteroatoms. The first kappa shape index (κ1) is 41.5. The SMILES string of the molecule is CCCN1C=CC(=C2C=CN(CCCCc3ccc(C4=C5C=CC(=N5)C(c5ccccc5)=C5C=CC(=[NH+]5)C(c5ccccc5)=C5C=CC(=[NH+]5)C(c5ccccc5)=C5C=CC4=N5)cc3)C=C2)C=C1. The largest absolute Gasteiger partial charge is 0.354 e.